The molecule has 0 aliphatic carbocycles. The Labute approximate surface area is 89.7 Å². The molecule has 0 amide bonds. The fourth-order valence-electron chi connectivity index (χ4n) is 1.67. The molecule has 2 aliphatic rings. The Morgan fingerprint density at radius 3 is 3.00 bits per heavy atom. The number of nitrogens with one attached hydrogen (secondary N) is 1. The topological polar surface area (TPSA) is 33.6 Å². The van der Waals surface area contributed by atoms with Crippen molar-refractivity contribution in [1.82, 2.24) is 5.32 Å². The number of rotatable bonds is 1. The molecule has 2 saturated heterocycles. The van der Waals surface area contributed by atoms with Crippen LogP contribution in [0.4, 0.5) is 0 Å². The van der Waals surface area contributed by atoms with Crippen LogP contribution < -0.4 is 5.32 Å². The lowest BCUT2D eigenvalue weighted by Crippen LogP contribution is -2.37. The van der Waals surface area contributed by atoms with Crippen LogP contribution in [0.15, 0.2) is 4.99 Å². The van der Waals surface area contributed by atoms with Gasteiger partial charge in [-0.15, -0.1) is 0 Å². The van der Waals surface area contributed by atoms with Crippen molar-refractivity contribution in [2.75, 3.05) is 19.0 Å². The third-order valence-corrected chi connectivity index (χ3v) is 3.80. The maximum Gasteiger partial charge on any atom is 0.157 e. The van der Waals surface area contributed by atoms with E-state index in [1.807, 2.05) is 11.8 Å². The van der Waals surface area contributed by atoms with E-state index < -0.39 is 0 Å². The van der Waals surface area contributed by atoms with Crippen molar-refractivity contribution in [2.45, 2.75) is 38.3 Å². The summed E-state index contributed by atoms with van der Waals surface area (Å²) in [6, 6.07) is 0.382. The molecule has 2 rings (SSSR count). The minimum absolute atomic E-state index is 0.207. The molecule has 0 saturated carbocycles. The van der Waals surface area contributed by atoms with Crippen LogP contribution in [0.5, 0.6) is 0 Å². The number of aliphatic imine (C=N–C) groups is 1. The molecule has 1 N–H and O–H groups in total. The zero-order valence-corrected chi connectivity index (χ0v) is 9.69. The van der Waals surface area contributed by atoms with E-state index in [4.69, 9.17) is 4.74 Å². The second-order valence-electron chi connectivity index (χ2n) is 4.60. The quantitative estimate of drug-likeness (QED) is 0.720. The van der Waals surface area contributed by atoms with Gasteiger partial charge in [0.25, 0.3) is 0 Å². The zero-order valence-electron chi connectivity index (χ0n) is 8.88. The van der Waals surface area contributed by atoms with Gasteiger partial charge in [-0.2, -0.15) is 0 Å². The van der Waals surface area contributed by atoms with E-state index in [1.54, 1.807) is 0 Å². The molecular formula is C10H18N2OS. The molecule has 0 aromatic carbocycles. The molecule has 1 unspecified atom stereocenters. The SMILES string of the molecule is CC1(C)CSC(=NC2CCCOC2)N1. The first-order valence-corrected chi connectivity index (χ1v) is 6.21. The van der Waals surface area contributed by atoms with Crippen LogP contribution in [-0.4, -0.2) is 35.7 Å². The summed E-state index contributed by atoms with van der Waals surface area (Å²) in [7, 11) is 0. The molecule has 0 spiro atoms. The average Bonchev–Trinajstić information content (AvgIpc) is 2.47. The second kappa shape index (κ2) is 4.11. The van der Waals surface area contributed by atoms with Crippen molar-refractivity contribution in [3.05, 3.63) is 0 Å². The third-order valence-electron chi connectivity index (χ3n) is 2.45. The Hall–Kier alpha value is -0.220. The largest absolute Gasteiger partial charge is 0.379 e. The van der Waals surface area contributed by atoms with Gasteiger partial charge in [-0.3, -0.25) is 4.99 Å². The first kappa shape index (κ1) is 10.3. The van der Waals surface area contributed by atoms with Gasteiger partial charge < -0.3 is 10.1 Å². The molecule has 0 aromatic rings. The fourth-order valence-corrected chi connectivity index (χ4v) is 2.81. The number of ether oxygens (including phenoxy) is 1. The number of hydrogen-bond acceptors (Lipinski definition) is 3. The minimum atomic E-state index is 0.207. The van der Waals surface area contributed by atoms with Crippen LogP contribution in [0.25, 0.3) is 0 Å². The summed E-state index contributed by atoms with van der Waals surface area (Å²) in [5.41, 5.74) is 0.207. The van der Waals surface area contributed by atoms with Crippen molar-refractivity contribution in [3.63, 3.8) is 0 Å². The summed E-state index contributed by atoms with van der Waals surface area (Å²) in [4.78, 5) is 4.67. The summed E-state index contributed by atoms with van der Waals surface area (Å²) in [5.74, 6) is 1.11. The molecule has 0 bridgehead atoms. The lowest BCUT2D eigenvalue weighted by atomic mass is 10.1. The Kier molecular flexibility index (Phi) is 3.02. The zero-order chi connectivity index (χ0) is 10.0. The number of thioether (sulfide) groups is 1. The number of nitrogens with zero attached hydrogens (tertiary/aromatic N) is 1. The van der Waals surface area contributed by atoms with Crippen molar-refractivity contribution >= 4 is 16.9 Å². The molecule has 0 aromatic heterocycles. The van der Waals surface area contributed by atoms with Crippen LogP contribution in [0.2, 0.25) is 0 Å². The Balaban J connectivity index is 1.91. The van der Waals surface area contributed by atoms with E-state index in [-0.39, 0.29) is 5.54 Å². The third kappa shape index (κ3) is 2.64. The van der Waals surface area contributed by atoms with Crippen molar-refractivity contribution in [1.29, 1.82) is 0 Å². The summed E-state index contributed by atoms with van der Waals surface area (Å²) >= 11 is 1.83. The molecule has 0 radical (unpaired) electrons. The van der Waals surface area contributed by atoms with Gasteiger partial charge in [0.1, 0.15) is 0 Å². The summed E-state index contributed by atoms with van der Waals surface area (Å²) in [5, 5.41) is 4.54. The van der Waals surface area contributed by atoms with E-state index in [1.165, 1.54) is 6.42 Å². The van der Waals surface area contributed by atoms with E-state index in [2.05, 4.69) is 24.2 Å². The van der Waals surface area contributed by atoms with Gasteiger partial charge in [-0.05, 0) is 26.7 Å². The molecular weight excluding hydrogens is 196 g/mol. The summed E-state index contributed by atoms with van der Waals surface area (Å²) in [6.45, 7) is 6.12. The Morgan fingerprint density at radius 1 is 1.57 bits per heavy atom. The first-order chi connectivity index (χ1) is 6.66. The Morgan fingerprint density at radius 2 is 2.43 bits per heavy atom. The standard InChI is InChI=1S/C10H18N2OS/c1-10(2)7-14-9(12-10)11-8-4-3-5-13-6-8/h8H,3-7H2,1-2H3,(H,11,12). The minimum Gasteiger partial charge on any atom is -0.379 e. The number of amidine groups is 1. The second-order valence-corrected chi connectivity index (χ2v) is 5.57. The predicted octanol–water partition coefficient (Wildman–Crippen LogP) is 1.64. The molecule has 2 aliphatic heterocycles. The van der Waals surface area contributed by atoms with Gasteiger partial charge >= 0.3 is 0 Å². The van der Waals surface area contributed by atoms with E-state index >= 15 is 0 Å². The van der Waals surface area contributed by atoms with Gasteiger partial charge in [-0.25, -0.2) is 0 Å². The lowest BCUT2D eigenvalue weighted by Gasteiger charge is -2.20. The smallest absolute Gasteiger partial charge is 0.157 e. The maximum atomic E-state index is 5.40. The van der Waals surface area contributed by atoms with Crippen LogP contribution in [0, 0.1) is 0 Å². The summed E-state index contributed by atoms with van der Waals surface area (Å²) < 4.78 is 5.40. The van der Waals surface area contributed by atoms with Gasteiger partial charge in [0.2, 0.25) is 0 Å². The van der Waals surface area contributed by atoms with Crippen molar-refractivity contribution in [2.24, 2.45) is 4.99 Å². The maximum absolute atomic E-state index is 5.40. The highest BCUT2D eigenvalue weighted by atomic mass is 32.2. The van der Waals surface area contributed by atoms with E-state index in [0.29, 0.717) is 6.04 Å². The normalized spacial score (nSPS) is 34.4. The predicted molar refractivity (Wildman–Crippen MR) is 60.9 cm³/mol. The van der Waals surface area contributed by atoms with Crippen LogP contribution in [0.3, 0.4) is 0 Å². The molecule has 80 valence electrons. The highest BCUT2D eigenvalue weighted by Crippen LogP contribution is 2.23. The van der Waals surface area contributed by atoms with E-state index in [0.717, 1.165) is 30.6 Å². The van der Waals surface area contributed by atoms with Crippen LogP contribution in [-0.2, 0) is 4.74 Å². The molecule has 2 fully saturated rings. The highest BCUT2D eigenvalue weighted by Gasteiger charge is 2.28. The first-order valence-electron chi connectivity index (χ1n) is 5.22. The fraction of sp³-hybridized carbons (Fsp3) is 0.900. The molecule has 3 nitrogen and oxygen atoms in total. The monoisotopic (exact) mass is 214 g/mol. The van der Waals surface area contributed by atoms with E-state index in [9.17, 15) is 0 Å². The molecule has 1 atom stereocenters. The average molecular weight is 214 g/mol. The molecule has 14 heavy (non-hydrogen) atoms. The lowest BCUT2D eigenvalue weighted by molar-refractivity contribution is 0.0828. The van der Waals surface area contributed by atoms with Crippen LogP contribution >= 0.6 is 11.8 Å². The van der Waals surface area contributed by atoms with Crippen molar-refractivity contribution in [3.8, 4) is 0 Å². The highest BCUT2D eigenvalue weighted by molar-refractivity contribution is 8.14. The van der Waals surface area contributed by atoms with Gasteiger partial charge in [-0.1, -0.05) is 11.8 Å². The molecule has 2 heterocycles. The van der Waals surface area contributed by atoms with Crippen molar-refractivity contribution < 1.29 is 4.74 Å². The van der Waals surface area contributed by atoms with Crippen LogP contribution in [0.1, 0.15) is 26.7 Å². The van der Waals surface area contributed by atoms with Gasteiger partial charge in [0.15, 0.2) is 5.17 Å². The summed E-state index contributed by atoms with van der Waals surface area (Å²) in [6.07, 6.45) is 2.32. The Bertz CT molecular complexity index is 234. The van der Waals surface area contributed by atoms with Gasteiger partial charge in [0, 0.05) is 17.9 Å². The molecule has 4 heteroatoms. The number of hydrogen-bond donors (Lipinski definition) is 1. The van der Waals surface area contributed by atoms with Gasteiger partial charge in [0.05, 0.1) is 12.6 Å².